The van der Waals surface area contributed by atoms with E-state index in [9.17, 15) is 4.79 Å². The minimum Gasteiger partial charge on any atom is -0.366 e. The van der Waals surface area contributed by atoms with E-state index >= 15 is 0 Å². The number of carbonyl (C=O) groups excluding carboxylic acids is 1. The van der Waals surface area contributed by atoms with Gasteiger partial charge in [-0.05, 0) is 29.8 Å². The fourth-order valence-electron chi connectivity index (χ4n) is 2.44. The molecule has 0 bridgehead atoms. The summed E-state index contributed by atoms with van der Waals surface area (Å²) in [5.41, 5.74) is 2.73. The number of benzene rings is 1. The Balaban J connectivity index is 1.58. The van der Waals surface area contributed by atoms with Crippen LogP contribution in [0.5, 0.6) is 0 Å². The number of aromatic nitrogens is 1. The number of carbonyl (C=O) groups is 1. The molecule has 1 aliphatic rings. The lowest BCUT2D eigenvalue weighted by molar-refractivity contribution is -0.120. The number of nitrogens with one attached hydrogen (secondary N) is 2. The molecule has 0 unspecified atom stereocenters. The van der Waals surface area contributed by atoms with Gasteiger partial charge in [-0.2, -0.15) is 5.26 Å². The molecule has 1 aromatic carbocycles. The molecular weight excluding hydrogens is 290 g/mol. The molecule has 0 aliphatic carbocycles. The molecule has 23 heavy (non-hydrogen) atoms. The van der Waals surface area contributed by atoms with E-state index in [1.54, 1.807) is 18.3 Å². The van der Waals surface area contributed by atoms with Gasteiger partial charge in [-0.3, -0.25) is 4.79 Å². The molecule has 6 nitrogen and oxygen atoms in total. The highest BCUT2D eigenvalue weighted by atomic mass is 16.2. The van der Waals surface area contributed by atoms with Gasteiger partial charge in [0.2, 0.25) is 5.91 Å². The Hall–Kier alpha value is -3.07. The van der Waals surface area contributed by atoms with E-state index in [2.05, 4.69) is 20.5 Å². The molecule has 3 rings (SSSR count). The van der Waals surface area contributed by atoms with Gasteiger partial charge >= 0.3 is 0 Å². The normalized spacial score (nSPS) is 14.0. The number of hydrogen-bond donors (Lipinski definition) is 2. The quantitative estimate of drug-likeness (QED) is 0.894. The van der Waals surface area contributed by atoms with E-state index < -0.39 is 0 Å². The Bertz CT molecular complexity index is 718. The van der Waals surface area contributed by atoms with Crippen molar-refractivity contribution in [2.75, 3.05) is 29.9 Å². The van der Waals surface area contributed by atoms with Crippen LogP contribution in [-0.4, -0.2) is 30.5 Å². The van der Waals surface area contributed by atoms with Crippen LogP contribution in [0.4, 0.5) is 11.5 Å². The lowest BCUT2D eigenvalue weighted by Gasteiger charge is -2.28. The highest BCUT2D eigenvalue weighted by molar-refractivity contribution is 5.82. The van der Waals surface area contributed by atoms with Crippen molar-refractivity contribution < 1.29 is 4.79 Å². The molecule has 6 heteroatoms. The van der Waals surface area contributed by atoms with Gasteiger partial charge in [-0.1, -0.05) is 12.1 Å². The summed E-state index contributed by atoms with van der Waals surface area (Å²) in [6, 6.07) is 13.7. The molecule has 2 heterocycles. The van der Waals surface area contributed by atoms with E-state index in [0.717, 1.165) is 23.6 Å². The standard InChI is InChI=1S/C17H17N5O/c18-9-14-3-6-16(21-11-14)20-10-13-1-4-15(5-2-13)22-8-7-19-17(23)12-22/h1-6,11H,7-8,10,12H2,(H,19,23)(H,20,21). The lowest BCUT2D eigenvalue weighted by atomic mass is 10.2. The molecule has 116 valence electrons. The number of hydrogen-bond acceptors (Lipinski definition) is 5. The molecule has 1 aromatic heterocycles. The SMILES string of the molecule is N#Cc1ccc(NCc2ccc(N3CCNC(=O)C3)cc2)nc1. The molecular formula is C17H17N5O. The smallest absolute Gasteiger partial charge is 0.239 e. The van der Waals surface area contributed by atoms with E-state index in [4.69, 9.17) is 5.26 Å². The first-order chi connectivity index (χ1) is 11.2. The fourth-order valence-corrected chi connectivity index (χ4v) is 2.44. The van der Waals surface area contributed by atoms with E-state index in [-0.39, 0.29) is 5.91 Å². The number of nitriles is 1. The summed E-state index contributed by atoms with van der Waals surface area (Å²) in [4.78, 5) is 17.7. The summed E-state index contributed by atoms with van der Waals surface area (Å²) in [6.07, 6.45) is 1.55. The Morgan fingerprint density at radius 3 is 2.74 bits per heavy atom. The van der Waals surface area contributed by atoms with Gasteiger partial charge in [0.05, 0.1) is 12.1 Å². The average molecular weight is 307 g/mol. The minimum atomic E-state index is 0.0638. The van der Waals surface area contributed by atoms with Crippen molar-refractivity contribution in [1.29, 1.82) is 5.26 Å². The predicted octanol–water partition coefficient (Wildman–Crippen LogP) is 1.50. The molecule has 1 fully saturated rings. The van der Waals surface area contributed by atoms with Crippen LogP contribution in [0.15, 0.2) is 42.6 Å². The third kappa shape index (κ3) is 3.77. The Morgan fingerprint density at radius 2 is 2.09 bits per heavy atom. The van der Waals surface area contributed by atoms with Crippen molar-refractivity contribution in [3.05, 3.63) is 53.7 Å². The largest absolute Gasteiger partial charge is 0.366 e. The van der Waals surface area contributed by atoms with Crippen LogP contribution in [0.3, 0.4) is 0 Å². The van der Waals surface area contributed by atoms with Crippen molar-refractivity contribution in [1.82, 2.24) is 10.3 Å². The molecule has 0 saturated carbocycles. The molecule has 0 atom stereocenters. The molecule has 0 radical (unpaired) electrons. The van der Waals surface area contributed by atoms with Gasteiger partial charge in [-0.25, -0.2) is 4.98 Å². The Morgan fingerprint density at radius 1 is 1.26 bits per heavy atom. The molecule has 1 aliphatic heterocycles. The van der Waals surface area contributed by atoms with Gasteiger partial charge in [0, 0.05) is 31.5 Å². The van der Waals surface area contributed by atoms with Crippen LogP contribution in [-0.2, 0) is 11.3 Å². The Kier molecular flexibility index (Phi) is 4.39. The topological polar surface area (TPSA) is 81.0 Å². The van der Waals surface area contributed by atoms with E-state index in [1.165, 1.54) is 0 Å². The van der Waals surface area contributed by atoms with Crippen LogP contribution in [0, 0.1) is 11.3 Å². The van der Waals surface area contributed by atoms with Gasteiger partial charge in [0.1, 0.15) is 11.9 Å². The van der Waals surface area contributed by atoms with Crippen molar-refractivity contribution in [2.24, 2.45) is 0 Å². The molecule has 1 amide bonds. The summed E-state index contributed by atoms with van der Waals surface area (Å²) in [7, 11) is 0. The highest BCUT2D eigenvalue weighted by Crippen LogP contribution is 2.16. The third-order valence-corrected chi connectivity index (χ3v) is 3.71. The maximum Gasteiger partial charge on any atom is 0.239 e. The van der Waals surface area contributed by atoms with Crippen LogP contribution < -0.4 is 15.5 Å². The number of nitrogens with zero attached hydrogens (tertiary/aromatic N) is 3. The number of rotatable bonds is 4. The van der Waals surface area contributed by atoms with Crippen molar-refractivity contribution in [3.63, 3.8) is 0 Å². The van der Waals surface area contributed by atoms with E-state index in [1.807, 2.05) is 30.3 Å². The van der Waals surface area contributed by atoms with Gasteiger partial charge in [0.25, 0.3) is 0 Å². The van der Waals surface area contributed by atoms with Crippen molar-refractivity contribution in [3.8, 4) is 6.07 Å². The minimum absolute atomic E-state index is 0.0638. The van der Waals surface area contributed by atoms with Gasteiger partial charge in [0.15, 0.2) is 0 Å². The molecule has 2 aromatic rings. The molecule has 0 spiro atoms. The summed E-state index contributed by atoms with van der Waals surface area (Å²) >= 11 is 0. The van der Waals surface area contributed by atoms with Crippen LogP contribution in [0.2, 0.25) is 0 Å². The first-order valence-corrected chi connectivity index (χ1v) is 7.45. The summed E-state index contributed by atoms with van der Waals surface area (Å²) in [6.45, 7) is 2.58. The van der Waals surface area contributed by atoms with Crippen molar-refractivity contribution in [2.45, 2.75) is 6.54 Å². The summed E-state index contributed by atoms with van der Waals surface area (Å²) < 4.78 is 0. The second-order valence-electron chi connectivity index (χ2n) is 5.34. The maximum absolute atomic E-state index is 11.4. The third-order valence-electron chi connectivity index (χ3n) is 3.71. The van der Waals surface area contributed by atoms with E-state index in [0.29, 0.717) is 25.2 Å². The average Bonchev–Trinajstić information content (AvgIpc) is 2.61. The zero-order chi connectivity index (χ0) is 16.1. The fraction of sp³-hybridized carbons (Fsp3) is 0.235. The first-order valence-electron chi connectivity index (χ1n) is 7.45. The zero-order valence-corrected chi connectivity index (χ0v) is 12.6. The summed E-state index contributed by atoms with van der Waals surface area (Å²) in [5.74, 6) is 0.801. The number of piperazine rings is 1. The van der Waals surface area contributed by atoms with Crippen molar-refractivity contribution >= 4 is 17.4 Å². The summed E-state index contributed by atoms with van der Waals surface area (Å²) in [5, 5.41) is 14.8. The Labute approximate surface area is 134 Å². The van der Waals surface area contributed by atoms with Crippen LogP contribution in [0.1, 0.15) is 11.1 Å². The monoisotopic (exact) mass is 307 g/mol. The highest BCUT2D eigenvalue weighted by Gasteiger charge is 2.15. The zero-order valence-electron chi connectivity index (χ0n) is 12.6. The number of anilines is 2. The predicted molar refractivity (Wildman–Crippen MR) is 87.9 cm³/mol. The van der Waals surface area contributed by atoms with Crippen LogP contribution in [0.25, 0.3) is 0 Å². The second-order valence-corrected chi connectivity index (χ2v) is 5.34. The lowest BCUT2D eigenvalue weighted by Crippen LogP contribution is -2.47. The number of amides is 1. The first kappa shape index (κ1) is 14.9. The van der Waals surface area contributed by atoms with Gasteiger partial charge in [-0.15, -0.1) is 0 Å². The second kappa shape index (κ2) is 6.79. The maximum atomic E-state index is 11.4. The molecule has 1 saturated heterocycles. The van der Waals surface area contributed by atoms with Gasteiger partial charge < -0.3 is 15.5 Å². The number of pyridine rings is 1. The van der Waals surface area contributed by atoms with Crippen LogP contribution >= 0.6 is 0 Å². The molecule has 2 N–H and O–H groups in total.